The molecule has 1 spiro atoms. The van der Waals surface area contributed by atoms with Gasteiger partial charge in [0.2, 0.25) is 5.89 Å². The summed E-state index contributed by atoms with van der Waals surface area (Å²) in [6.45, 7) is 12.5. The van der Waals surface area contributed by atoms with E-state index in [1.54, 1.807) is 0 Å². The van der Waals surface area contributed by atoms with Crippen molar-refractivity contribution < 1.29 is 18.4 Å². The van der Waals surface area contributed by atoms with Gasteiger partial charge in [-0.15, -0.1) is 20.4 Å². The van der Waals surface area contributed by atoms with Crippen LogP contribution in [-0.4, -0.2) is 53.2 Å². The van der Waals surface area contributed by atoms with E-state index in [2.05, 4.69) is 59.2 Å². The molecule has 4 aromatic rings. The molecule has 0 aliphatic carbocycles. The Morgan fingerprint density at radius 3 is 2.31 bits per heavy atom. The van der Waals surface area contributed by atoms with Crippen molar-refractivity contribution in [3.05, 3.63) is 83.7 Å². The molecule has 1 unspecified atom stereocenters. The number of para-hydroxylation sites is 1. The first kappa shape index (κ1) is 28.2. The van der Waals surface area contributed by atoms with Crippen LogP contribution in [0.1, 0.15) is 67.9 Å². The van der Waals surface area contributed by atoms with E-state index in [0.29, 0.717) is 35.2 Å². The summed E-state index contributed by atoms with van der Waals surface area (Å²) in [6, 6.07) is 21.3. The van der Waals surface area contributed by atoms with Crippen molar-refractivity contribution in [3.8, 4) is 17.3 Å². The number of piperidine rings is 1. The second kappa shape index (κ2) is 10.7. The molecule has 1 atom stereocenters. The summed E-state index contributed by atoms with van der Waals surface area (Å²) in [6.07, 6.45) is 1.41. The maximum atomic E-state index is 12.8. The molecule has 0 radical (unpaired) electrons. The average molecular weight is 584 g/mol. The second-order valence-electron chi connectivity index (χ2n) is 12.8. The van der Waals surface area contributed by atoms with Crippen molar-refractivity contribution in [1.82, 2.24) is 20.4 Å². The van der Waals surface area contributed by atoms with Gasteiger partial charge in [-0.2, -0.15) is 0 Å². The number of nitrogens with zero attached hydrogens (tertiary/aromatic N) is 5. The Morgan fingerprint density at radius 1 is 0.905 bits per heavy atom. The van der Waals surface area contributed by atoms with Crippen LogP contribution in [0.2, 0.25) is 18.1 Å². The van der Waals surface area contributed by atoms with Crippen molar-refractivity contribution in [2.45, 2.75) is 69.9 Å². The lowest BCUT2D eigenvalue weighted by molar-refractivity contribution is 0.0231. The Morgan fingerprint density at radius 2 is 1.62 bits per heavy atom. The molecule has 2 aromatic heterocycles. The highest BCUT2D eigenvalue weighted by molar-refractivity contribution is 6.74. The van der Waals surface area contributed by atoms with E-state index >= 15 is 0 Å². The highest BCUT2D eigenvalue weighted by atomic mass is 28.4. The minimum Gasteiger partial charge on any atom is -0.486 e. The van der Waals surface area contributed by atoms with E-state index in [4.69, 9.17) is 13.6 Å². The number of rotatable bonds is 6. The van der Waals surface area contributed by atoms with Crippen LogP contribution in [0.15, 0.2) is 71.1 Å². The lowest BCUT2D eigenvalue weighted by atomic mass is 9.82. The van der Waals surface area contributed by atoms with E-state index in [1.807, 2.05) is 66.7 Å². The highest BCUT2D eigenvalue weighted by Crippen LogP contribution is 2.42. The molecule has 2 aliphatic rings. The van der Waals surface area contributed by atoms with Crippen LogP contribution >= 0.6 is 0 Å². The summed E-state index contributed by atoms with van der Waals surface area (Å²) in [5, 5.41) is 17.6. The van der Waals surface area contributed by atoms with Crippen LogP contribution in [0.3, 0.4) is 0 Å². The smallest absolute Gasteiger partial charge is 0.268 e. The molecule has 1 saturated heterocycles. The van der Waals surface area contributed by atoms with Gasteiger partial charge in [-0.1, -0.05) is 63.2 Å². The Hall–Kier alpha value is -3.89. The van der Waals surface area contributed by atoms with E-state index < -0.39 is 20.0 Å². The minimum absolute atomic E-state index is 0.0153. The molecule has 218 valence electrons. The number of hydrogen-bond donors (Lipinski definition) is 0. The number of ether oxygens (including phenoxy) is 1. The van der Waals surface area contributed by atoms with E-state index in [0.717, 1.165) is 37.3 Å². The molecule has 10 heteroatoms. The number of anilines is 1. The van der Waals surface area contributed by atoms with Gasteiger partial charge < -0.3 is 18.5 Å². The number of hydrogen-bond acceptors (Lipinski definition) is 9. The molecule has 4 heterocycles. The molecule has 9 nitrogen and oxygen atoms in total. The van der Waals surface area contributed by atoms with Crippen LogP contribution in [0.4, 0.5) is 5.82 Å². The molecule has 1 fully saturated rings. The molecule has 42 heavy (non-hydrogen) atoms. The Kier molecular flexibility index (Phi) is 7.22. The van der Waals surface area contributed by atoms with E-state index in [9.17, 15) is 4.79 Å². The number of benzene rings is 2. The zero-order valence-electron chi connectivity index (χ0n) is 24.8. The Balaban J connectivity index is 1.16. The number of aromatic nitrogens is 4. The average Bonchev–Trinajstić information content (AvgIpc) is 3.46. The predicted octanol–water partition coefficient (Wildman–Crippen LogP) is 6.64. The normalized spacial score (nSPS) is 17.5. The summed E-state index contributed by atoms with van der Waals surface area (Å²) in [5.41, 5.74) is 1.69. The summed E-state index contributed by atoms with van der Waals surface area (Å²) in [7, 11) is -2.16. The minimum atomic E-state index is -2.16. The molecule has 0 N–H and O–H groups in total. The van der Waals surface area contributed by atoms with Gasteiger partial charge in [-0.05, 0) is 48.0 Å². The van der Waals surface area contributed by atoms with E-state index in [1.165, 1.54) is 0 Å². The largest absolute Gasteiger partial charge is 0.486 e. The summed E-state index contributed by atoms with van der Waals surface area (Å²) in [4.78, 5) is 15.0. The highest BCUT2D eigenvalue weighted by Gasteiger charge is 2.43. The maximum absolute atomic E-state index is 12.8. The molecule has 2 aliphatic heterocycles. The molecular formula is C32H37N5O4Si. The zero-order valence-corrected chi connectivity index (χ0v) is 25.8. The first-order chi connectivity index (χ1) is 20.0. The first-order valence-corrected chi connectivity index (χ1v) is 17.4. The van der Waals surface area contributed by atoms with E-state index in [-0.39, 0.29) is 10.8 Å². The molecule has 0 amide bonds. The number of carbonyl (C=O) groups excluding carboxylic acids is 1. The molecular weight excluding hydrogens is 546 g/mol. The molecule has 6 rings (SSSR count). The SMILES string of the molecule is CC(C)(C)[Si](C)(C)OC(c1ccccc1)c1nnc(-c2ccc(N3CCC4(CC3)CC(=O)c3ccccc3O4)nn2)o1. The van der Waals surface area contributed by atoms with Gasteiger partial charge in [0, 0.05) is 25.9 Å². The van der Waals surface area contributed by atoms with Crippen LogP contribution < -0.4 is 9.64 Å². The van der Waals surface area contributed by atoms with Crippen molar-refractivity contribution in [2.75, 3.05) is 18.0 Å². The third-order valence-corrected chi connectivity index (χ3v) is 13.3. The standard InChI is InChI=1S/C32H37N5O4Si/c1-31(2,3)42(4,5)41-28(22-11-7-6-8-12-22)30-36-35-29(39-30)24-15-16-27(34-33-24)37-19-17-32(18-20-37)21-25(38)23-13-9-10-14-26(23)40-32/h6-16,28H,17-21H2,1-5H3. The van der Waals surface area contributed by atoms with Gasteiger partial charge in [0.1, 0.15) is 23.1 Å². The Labute approximate surface area is 247 Å². The fourth-order valence-electron chi connectivity index (χ4n) is 5.28. The summed E-state index contributed by atoms with van der Waals surface area (Å²) in [5.74, 6) is 2.30. The van der Waals surface area contributed by atoms with Gasteiger partial charge >= 0.3 is 0 Å². The monoisotopic (exact) mass is 583 g/mol. The van der Waals surface area contributed by atoms with Gasteiger partial charge in [0.25, 0.3) is 5.89 Å². The van der Waals surface area contributed by atoms with Crippen LogP contribution in [0, 0.1) is 0 Å². The van der Waals surface area contributed by atoms with Crippen molar-refractivity contribution in [2.24, 2.45) is 0 Å². The maximum Gasteiger partial charge on any atom is 0.268 e. The third kappa shape index (κ3) is 5.48. The zero-order chi connectivity index (χ0) is 29.5. The summed E-state index contributed by atoms with van der Waals surface area (Å²) >= 11 is 0. The number of carbonyl (C=O) groups is 1. The first-order valence-electron chi connectivity index (χ1n) is 14.5. The topological polar surface area (TPSA) is 103 Å². The number of ketones is 1. The molecule has 0 bridgehead atoms. The van der Waals surface area contributed by atoms with Crippen molar-refractivity contribution in [3.63, 3.8) is 0 Å². The summed E-state index contributed by atoms with van der Waals surface area (Å²) < 4.78 is 19.3. The molecule has 2 aromatic carbocycles. The van der Waals surface area contributed by atoms with Crippen LogP contribution in [-0.2, 0) is 4.43 Å². The lowest BCUT2D eigenvalue weighted by Crippen LogP contribution is -2.51. The van der Waals surface area contributed by atoms with Gasteiger partial charge in [0.15, 0.2) is 19.9 Å². The van der Waals surface area contributed by atoms with Gasteiger partial charge in [-0.25, -0.2) is 0 Å². The predicted molar refractivity (Wildman–Crippen MR) is 162 cm³/mol. The molecule has 0 saturated carbocycles. The van der Waals surface area contributed by atoms with Crippen molar-refractivity contribution in [1.29, 1.82) is 0 Å². The third-order valence-electron chi connectivity index (χ3n) is 8.85. The lowest BCUT2D eigenvalue weighted by Gasteiger charge is -2.44. The van der Waals surface area contributed by atoms with Gasteiger partial charge in [0.05, 0.1) is 12.0 Å². The van der Waals surface area contributed by atoms with Crippen LogP contribution in [0.5, 0.6) is 5.75 Å². The van der Waals surface area contributed by atoms with Crippen molar-refractivity contribution >= 4 is 19.9 Å². The van der Waals surface area contributed by atoms with Crippen LogP contribution in [0.25, 0.3) is 11.6 Å². The van der Waals surface area contributed by atoms with Gasteiger partial charge in [-0.3, -0.25) is 4.79 Å². The fraction of sp³-hybridized carbons (Fsp3) is 0.406. The number of Topliss-reactive ketones (excluding diaryl/α,β-unsaturated/α-hetero) is 1. The Bertz CT molecular complexity index is 1560. The number of fused-ring (bicyclic) bond motifs is 1. The second-order valence-corrected chi connectivity index (χ2v) is 17.5. The quantitative estimate of drug-likeness (QED) is 0.231. The fourth-order valence-corrected chi connectivity index (χ4v) is 6.46.